The number of ether oxygens (including phenoxy) is 2. The number of benzene rings is 4. The fourth-order valence-corrected chi connectivity index (χ4v) is 7.38. The van der Waals surface area contributed by atoms with Gasteiger partial charge in [-0.1, -0.05) is 153 Å². The average molecular weight is 746 g/mol. The Morgan fingerprint density at radius 1 is 0.691 bits per heavy atom. The molecule has 3 amide bonds. The van der Waals surface area contributed by atoms with Crippen LogP contribution in [0.15, 0.2) is 121 Å². The number of nitrogens with one attached hydrogen (secondary N) is 3. The Morgan fingerprint density at radius 3 is 1.75 bits per heavy atom. The van der Waals surface area contributed by atoms with E-state index in [4.69, 9.17) is 9.47 Å². The SMILES string of the molecule is CCOC(=O)CNC(=O)C(=O)C(COCc1ccccc1)NC(=O)[C@@H](CC1CCCCC1)NC(=O)CC(c1ccccc1)(c1ccccc1)c1ccccc1. The molecular formula is C45H51N3O7. The number of rotatable bonds is 19. The van der Waals surface area contributed by atoms with Gasteiger partial charge in [0, 0.05) is 6.42 Å². The molecule has 55 heavy (non-hydrogen) atoms. The highest BCUT2D eigenvalue weighted by molar-refractivity contribution is 6.38. The molecule has 4 aromatic rings. The molecule has 2 atom stereocenters. The molecule has 1 fully saturated rings. The van der Waals surface area contributed by atoms with Gasteiger partial charge in [-0.2, -0.15) is 0 Å². The minimum atomic E-state index is -1.39. The lowest BCUT2D eigenvalue weighted by Crippen LogP contribution is -2.56. The molecular weight excluding hydrogens is 695 g/mol. The maximum absolute atomic E-state index is 14.5. The number of hydrogen-bond acceptors (Lipinski definition) is 7. The van der Waals surface area contributed by atoms with E-state index in [1.165, 1.54) is 0 Å². The van der Waals surface area contributed by atoms with Gasteiger partial charge in [0.05, 0.1) is 25.2 Å². The second kappa shape index (κ2) is 20.7. The molecule has 0 aliphatic heterocycles. The number of carbonyl (C=O) groups excluding carboxylic acids is 5. The number of hydrogen-bond donors (Lipinski definition) is 3. The molecule has 0 radical (unpaired) electrons. The molecule has 0 aromatic heterocycles. The van der Waals surface area contributed by atoms with Gasteiger partial charge in [0.25, 0.3) is 5.91 Å². The Morgan fingerprint density at radius 2 is 1.22 bits per heavy atom. The maximum Gasteiger partial charge on any atom is 0.325 e. The first-order chi connectivity index (χ1) is 26.8. The van der Waals surface area contributed by atoms with Gasteiger partial charge in [-0.25, -0.2) is 0 Å². The van der Waals surface area contributed by atoms with Gasteiger partial charge in [-0.15, -0.1) is 0 Å². The van der Waals surface area contributed by atoms with Crippen LogP contribution < -0.4 is 16.0 Å². The van der Waals surface area contributed by atoms with Crippen molar-refractivity contribution < 1.29 is 33.4 Å². The van der Waals surface area contributed by atoms with Gasteiger partial charge in [0.15, 0.2) is 0 Å². The minimum absolute atomic E-state index is 0.00169. The van der Waals surface area contributed by atoms with Crippen LogP contribution in [-0.2, 0) is 45.5 Å². The Labute approximate surface area is 323 Å². The van der Waals surface area contributed by atoms with Crippen molar-refractivity contribution in [3.63, 3.8) is 0 Å². The van der Waals surface area contributed by atoms with Crippen molar-refractivity contribution >= 4 is 29.5 Å². The molecule has 10 nitrogen and oxygen atoms in total. The van der Waals surface area contributed by atoms with Gasteiger partial charge < -0.3 is 25.4 Å². The summed E-state index contributed by atoms with van der Waals surface area (Å²) in [4.78, 5) is 67.3. The van der Waals surface area contributed by atoms with Gasteiger partial charge in [-0.3, -0.25) is 24.0 Å². The van der Waals surface area contributed by atoms with Crippen LogP contribution in [0.3, 0.4) is 0 Å². The fraction of sp³-hybridized carbons (Fsp3) is 0.356. The first-order valence-corrected chi connectivity index (χ1v) is 19.2. The molecule has 0 bridgehead atoms. The van der Waals surface area contributed by atoms with Gasteiger partial charge in [-0.05, 0) is 41.5 Å². The summed E-state index contributed by atoms with van der Waals surface area (Å²) in [6.45, 7) is 1.07. The fourth-order valence-electron chi connectivity index (χ4n) is 7.38. The van der Waals surface area contributed by atoms with E-state index in [1.54, 1.807) is 6.92 Å². The quantitative estimate of drug-likeness (QED) is 0.0625. The second-order valence-corrected chi connectivity index (χ2v) is 14.0. The summed E-state index contributed by atoms with van der Waals surface area (Å²) in [7, 11) is 0. The number of esters is 1. The summed E-state index contributed by atoms with van der Waals surface area (Å²) in [5.74, 6) is -3.50. The van der Waals surface area contributed by atoms with Crippen LogP contribution in [0.2, 0.25) is 0 Å². The Kier molecular flexibility index (Phi) is 15.3. The normalized spacial score (nSPS) is 14.2. The van der Waals surface area contributed by atoms with Crippen molar-refractivity contribution in [1.82, 2.24) is 16.0 Å². The number of Topliss-reactive ketones (excluding diaryl/α,β-unsaturated/α-hetero) is 1. The summed E-state index contributed by atoms with van der Waals surface area (Å²) in [6, 6.07) is 36.5. The maximum atomic E-state index is 14.5. The van der Waals surface area contributed by atoms with Crippen molar-refractivity contribution in [2.75, 3.05) is 19.8 Å². The number of carbonyl (C=O) groups is 5. The molecule has 4 aromatic carbocycles. The van der Waals surface area contributed by atoms with Crippen LogP contribution in [0, 0.1) is 5.92 Å². The molecule has 1 aliphatic rings. The second-order valence-electron chi connectivity index (χ2n) is 14.0. The van der Waals surface area contributed by atoms with Crippen molar-refractivity contribution in [2.45, 2.75) is 76.0 Å². The van der Waals surface area contributed by atoms with Gasteiger partial charge in [0.1, 0.15) is 18.6 Å². The summed E-state index contributed by atoms with van der Waals surface area (Å²) >= 11 is 0. The molecule has 1 unspecified atom stereocenters. The van der Waals surface area contributed by atoms with E-state index in [2.05, 4.69) is 16.0 Å². The summed E-state index contributed by atoms with van der Waals surface area (Å²) in [6.07, 6.45) is 5.37. The van der Waals surface area contributed by atoms with Crippen LogP contribution in [0.1, 0.15) is 74.1 Å². The first-order valence-electron chi connectivity index (χ1n) is 19.2. The van der Waals surface area contributed by atoms with Crippen LogP contribution in [-0.4, -0.2) is 61.3 Å². The third-order valence-corrected chi connectivity index (χ3v) is 10.1. The predicted octanol–water partition coefficient (Wildman–Crippen LogP) is 5.82. The van der Waals surface area contributed by atoms with E-state index in [-0.39, 0.29) is 38.1 Å². The molecule has 1 saturated carbocycles. The lowest BCUT2D eigenvalue weighted by Gasteiger charge is -2.36. The van der Waals surface area contributed by atoms with E-state index < -0.39 is 47.6 Å². The topological polar surface area (TPSA) is 140 Å². The van der Waals surface area contributed by atoms with Crippen LogP contribution in [0.4, 0.5) is 0 Å². The highest BCUT2D eigenvalue weighted by atomic mass is 16.5. The smallest absolute Gasteiger partial charge is 0.325 e. The number of ketones is 1. The zero-order valence-corrected chi connectivity index (χ0v) is 31.4. The van der Waals surface area contributed by atoms with E-state index in [1.807, 2.05) is 121 Å². The first kappa shape index (κ1) is 40.6. The van der Waals surface area contributed by atoms with Crippen molar-refractivity contribution in [2.24, 2.45) is 5.92 Å². The van der Waals surface area contributed by atoms with E-state index in [0.29, 0.717) is 6.42 Å². The summed E-state index contributed by atoms with van der Waals surface area (Å²) in [5.41, 5.74) is 2.72. The summed E-state index contributed by atoms with van der Waals surface area (Å²) < 4.78 is 10.7. The molecule has 1 aliphatic carbocycles. The van der Waals surface area contributed by atoms with Gasteiger partial charge >= 0.3 is 5.97 Å². The lowest BCUT2D eigenvalue weighted by atomic mass is 9.67. The molecule has 0 saturated heterocycles. The molecule has 5 rings (SSSR count). The van der Waals surface area contributed by atoms with E-state index >= 15 is 0 Å². The highest BCUT2D eigenvalue weighted by Crippen LogP contribution is 2.42. The van der Waals surface area contributed by atoms with Crippen LogP contribution in [0.25, 0.3) is 0 Å². The third kappa shape index (κ3) is 11.4. The third-order valence-electron chi connectivity index (χ3n) is 10.1. The van der Waals surface area contributed by atoms with Crippen LogP contribution >= 0.6 is 0 Å². The Balaban J connectivity index is 1.42. The number of amides is 3. The molecule has 3 N–H and O–H groups in total. The molecule has 0 spiro atoms. The lowest BCUT2D eigenvalue weighted by molar-refractivity contribution is -0.146. The molecule has 288 valence electrons. The zero-order valence-electron chi connectivity index (χ0n) is 31.4. The van der Waals surface area contributed by atoms with E-state index in [9.17, 15) is 24.0 Å². The highest BCUT2D eigenvalue weighted by Gasteiger charge is 2.40. The van der Waals surface area contributed by atoms with Crippen molar-refractivity contribution in [1.29, 1.82) is 0 Å². The molecule has 10 heteroatoms. The van der Waals surface area contributed by atoms with Crippen LogP contribution in [0.5, 0.6) is 0 Å². The minimum Gasteiger partial charge on any atom is -0.465 e. The zero-order chi connectivity index (χ0) is 38.9. The Bertz CT molecular complexity index is 1740. The van der Waals surface area contributed by atoms with Gasteiger partial charge in [0.2, 0.25) is 17.6 Å². The predicted molar refractivity (Wildman–Crippen MR) is 210 cm³/mol. The average Bonchev–Trinajstić information content (AvgIpc) is 3.23. The van der Waals surface area contributed by atoms with Crippen molar-refractivity contribution in [3.8, 4) is 0 Å². The Hall–Kier alpha value is -5.61. The molecule has 0 heterocycles. The summed E-state index contributed by atoms with van der Waals surface area (Å²) in [5, 5.41) is 8.11. The van der Waals surface area contributed by atoms with Crippen molar-refractivity contribution in [3.05, 3.63) is 144 Å². The standard InChI is InChI=1S/C45H51N3O7/c1-2-55-41(50)30-46-44(53)42(51)39(32-54-31-34-20-10-4-11-21-34)48-43(52)38(28-33-18-8-3-9-19-33)47-40(49)29-45(35-22-12-5-13-23-35,36-24-14-6-15-25-36)37-26-16-7-17-27-37/h4-7,10-17,20-27,33,38-39H,2-3,8-9,18-19,28-32H2,1H3,(H,46,53)(H,47,49)(H,48,52)/t38-,39?/m1/s1. The van der Waals surface area contributed by atoms with E-state index in [0.717, 1.165) is 54.4 Å². The largest absolute Gasteiger partial charge is 0.465 e. The monoisotopic (exact) mass is 745 g/mol.